The van der Waals surface area contributed by atoms with Gasteiger partial charge in [0.2, 0.25) is 0 Å². The van der Waals surface area contributed by atoms with Crippen molar-refractivity contribution in [3.63, 3.8) is 0 Å². The molecular weight excluding hydrogens is 354 g/mol. The number of aromatic nitrogens is 2. The molecule has 0 saturated carbocycles. The summed E-state index contributed by atoms with van der Waals surface area (Å²) in [6.07, 6.45) is 1.61. The Morgan fingerprint density at radius 2 is 2.00 bits per heavy atom. The molecule has 146 valence electrons. The van der Waals surface area contributed by atoms with Crippen molar-refractivity contribution in [1.82, 2.24) is 14.7 Å². The third-order valence-electron chi connectivity index (χ3n) is 5.12. The molecule has 0 saturated heterocycles. The molecule has 1 aliphatic rings. The first-order chi connectivity index (χ1) is 13.6. The zero-order valence-electron chi connectivity index (χ0n) is 16.1. The number of aryl methyl sites for hydroxylation is 3. The number of hydrogen-bond acceptors (Lipinski definition) is 4. The quantitative estimate of drug-likeness (QED) is 0.704. The lowest BCUT2D eigenvalue weighted by Crippen LogP contribution is -2.22. The van der Waals surface area contributed by atoms with Crippen LogP contribution in [0.5, 0.6) is 0 Å². The van der Waals surface area contributed by atoms with Gasteiger partial charge in [-0.2, -0.15) is 5.10 Å². The van der Waals surface area contributed by atoms with Gasteiger partial charge < -0.3 is 9.52 Å². The molecule has 0 aliphatic carbocycles. The maximum absolute atomic E-state index is 10.8. The molecule has 28 heavy (non-hydrogen) atoms. The molecule has 3 aromatic rings. The van der Waals surface area contributed by atoms with Crippen molar-refractivity contribution in [2.75, 3.05) is 6.54 Å². The average Bonchev–Trinajstić information content (AvgIpc) is 3.23. The molecule has 1 aromatic carbocycles. The summed E-state index contributed by atoms with van der Waals surface area (Å²) in [4.78, 5) is 13.2. The van der Waals surface area contributed by atoms with Gasteiger partial charge in [-0.15, -0.1) is 0 Å². The van der Waals surface area contributed by atoms with Gasteiger partial charge in [-0.25, -0.2) is 0 Å². The minimum atomic E-state index is -0.785. The van der Waals surface area contributed by atoms with Crippen LogP contribution in [-0.2, 0) is 30.8 Å². The third kappa shape index (κ3) is 4.34. The van der Waals surface area contributed by atoms with E-state index in [1.165, 1.54) is 5.56 Å². The van der Waals surface area contributed by atoms with E-state index in [-0.39, 0.29) is 6.42 Å². The zero-order valence-corrected chi connectivity index (χ0v) is 16.1. The van der Waals surface area contributed by atoms with E-state index in [1.807, 2.05) is 16.8 Å². The number of aliphatic carboxylic acids is 1. The topological polar surface area (TPSA) is 71.5 Å². The van der Waals surface area contributed by atoms with Crippen LogP contribution in [0.1, 0.15) is 35.6 Å². The summed E-state index contributed by atoms with van der Waals surface area (Å²) in [6.45, 7) is 5.47. The van der Waals surface area contributed by atoms with E-state index in [4.69, 9.17) is 9.52 Å². The lowest BCUT2D eigenvalue weighted by Gasteiger charge is -2.17. The number of hydrogen-bond donors (Lipinski definition) is 1. The van der Waals surface area contributed by atoms with Crippen molar-refractivity contribution in [2.24, 2.45) is 0 Å². The molecule has 0 fully saturated rings. The van der Waals surface area contributed by atoms with E-state index in [9.17, 15) is 4.79 Å². The molecule has 1 N–H and O–H groups in total. The van der Waals surface area contributed by atoms with Gasteiger partial charge in [0.25, 0.3) is 0 Å². The van der Waals surface area contributed by atoms with Crippen molar-refractivity contribution in [2.45, 2.75) is 45.8 Å². The second-order valence-corrected chi connectivity index (χ2v) is 7.44. The summed E-state index contributed by atoms with van der Waals surface area (Å²) in [6, 6.07) is 14.5. The van der Waals surface area contributed by atoms with Crippen molar-refractivity contribution < 1.29 is 14.3 Å². The highest BCUT2D eigenvalue weighted by molar-refractivity contribution is 5.66. The maximum Gasteiger partial charge on any atom is 0.303 e. The molecule has 3 heterocycles. The predicted molar refractivity (Wildman–Crippen MR) is 106 cm³/mol. The van der Waals surface area contributed by atoms with Crippen molar-refractivity contribution >= 4 is 5.97 Å². The van der Waals surface area contributed by atoms with Gasteiger partial charge in [0, 0.05) is 31.6 Å². The minimum Gasteiger partial charge on any atom is -0.481 e. The molecule has 4 rings (SSSR count). The number of rotatable bonds is 6. The Balaban J connectivity index is 1.43. The Hall–Kier alpha value is -2.86. The summed E-state index contributed by atoms with van der Waals surface area (Å²) < 4.78 is 8.11. The largest absolute Gasteiger partial charge is 0.481 e. The second kappa shape index (κ2) is 8.02. The van der Waals surface area contributed by atoms with Crippen molar-refractivity contribution in [3.8, 4) is 11.3 Å². The van der Waals surface area contributed by atoms with Crippen LogP contribution in [0.4, 0.5) is 0 Å². The Labute approximate surface area is 164 Å². The molecule has 0 bridgehead atoms. The van der Waals surface area contributed by atoms with Gasteiger partial charge in [-0.1, -0.05) is 29.8 Å². The molecule has 6 heteroatoms. The summed E-state index contributed by atoms with van der Waals surface area (Å²) >= 11 is 0. The van der Waals surface area contributed by atoms with E-state index in [2.05, 4.69) is 47.3 Å². The second-order valence-electron chi connectivity index (χ2n) is 7.44. The Morgan fingerprint density at radius 3 is 2.79 bits per heavy atom. The lowest BCUT2D eigenvalue weighted by molar-refractivity contribution is -0.136. The minimum absolute atomic E-state index is 0.119. The Morgan fingerprint density at radius 1 is 1.18 bits per heavy atom. The number of carboxylic acids is 1. The molecule has 0 radical (unpaired) electrons. The van der Waals surface area contributed by atoms with E-state index in [1.54, 1.807) is 0 Å². The highest BCUT2D eigenvalue weighted by Crippen LogP contribution is 2.24. The summed E-state index contributed by atoms with van der Waals surface area (Å²) in [7, 11) is 0. The van der Waals surface area contributed by atoms with Crippen LogP contribution in [0.3, 0.4) is 0 Å². The first-order valence-corrected chi connectivity index (χ1v) is 9.72. The number of nitrogens with zero attached hydrogens (tertiary/aromatic N) is 3. The highest BCUT2D eigenvalue weighted by atomic mass is 16.4. The van der Waals surface area contributed by atoms with Gasteiger partial charge in [-0.3, -0.25) is 14.4 Å². The normalized spacial score (nSPS) is 14.6. The van der Waals surface area contributed by atoms with Crippen molar-refractivity contribution in [1.29, 1.82) is 0 Å². The van der Waals surface area contributed by atoms with Crippen LogP contribution in [0.2, 0.25) is 0 Å². The van der Waals surface area contributed by atoms with Crippen LogP contribution < -0.4 is 0 Å². The van der Waals surface area contributed by atoms with Gasteiger partial charge in [-0.05, 0) is 31.5 Å². The van der Waals surface area contributed by atoms with Crippen LogP contribution in [-0.4, -0.2) is 32.3 Å². The molecule has 0 unspecified atom stereocenters. The number of carboxylic acid groups (broad SMARTS) is 1. The molecular formula is C22H25N3O3. The Kier molecular flexibility index (Phi) is 5.30. The molecule has 1 aliphatic heterocycles. The molecule has 0 amide bonds. The van der Waals surface area contributed by atoms with E-state index in [0.717, 1.165) is 61.1 Å². The number of furan rings is 1. The van der Waals surface area contributed by atoms with Gasteiger partial charge in [0.05, 0.1) is 24.4 Å². The molecule has 0 spiro atoms. The molecule has 6 nitrogen and oxygen atoms in total. The van der Waals surface area contributed by atoms with E-state index in [0.29, 0.717) is 6.42 Å². The standard InChI is InChI=1S/C22H25N3O3/c1-16-3-5-17(6-4-16)21-9-8-20(28-21)15-24-11-2-12-25-19(14-24)13-18(23-25)7-10-22(26)27/h3-6,8-9,13H,2,7,10-12,14-15H2,1H3,(H,26,27). The average molecular weight is 379 g/mol. The van der Waals surface area contributed by atoms with Crippen LogP contribution in [0.15, 0.2) is 46.9 Å². The fraction of sp³-hybridized carbons (Fsp3) is 0.364. The maximum atomic E-state index is 10.8. The predicted octanol–water partition coefficient (Wildman–Crippen LogP) is 3.87. The summed E-state index contributed by atoms with van der Waals surface area (Å²) in [5.41, 5.74) is 4.33. The van der Waals surface area contributed by atoms with Gasteiger partial charge in [0.15, 0.2) is 0 Å². The number of carbonyl (C=O) groups is 1. The number of benzene rings is 1. The fourth-order valence-electron chi connectivity index (χ4n) is 3.64. The highest BCUT2D eigenvalue weighted by Gasteiger charge is 2.18. The molecule has 2 aromatic heterocycles. The smallest absolute Gasteiger partial charge is 0.303 e. The van der Waals surface area contributed by atoms with Crippen LogP contribution in [0.25, 0.3) is 11.3 Å². The third-order valence-corrected chi connectivity index (χ3v) is 5.12. The first kappa shape index (κ1) is 18.5. The summed E-state index contributed by atoms with van der Waals surface area (Å²) in [5, 5.41) is 13.5. The van der Waals surface area contributed by atoms with Crippen molar-refractivity contribution in [3.05, 3.63) is 65.2 Å². The van der Waals surface area contributed by atoms with Gasteiger partial charge >= 0.3 is 5.97 Å². The first-order valence-electron chi connectivity index (χ1n) is 9.72. The monoisotopic (exact) mass is 379 g/mol. The zero-order chi connectivity index (χ0) is 19.5. The lowest BCUT2D eigenvalue weighted by atomic mass is 10.1. The molecule has 0 atom stereocenters. The SMILES string of the molecule is Cc1ccc(-c2ccc(CN3CCCn4nc(CCC(=O)O)cc4C3)o2)cc1. The fourth-order valence-corrected chi connectivity index (χ4v) is 3.64. The number of fused-ring (bicyclic) bond motifs is 1. The van der Waals surface area contributed by atoms with E-state index >= 15 is 0 Å². The van der Waals surface area contributed by atoms with Crippen LogP contribution in [0, 0.1) is 6.92 Å². The Bertz CT molecular complexity index is 956. The van der Waals surface area contributed by atoms with Crippen LogP contribution >= 0.6 is 0 Å². The van der Waals surface area contributed by atoms with Gasteiger partial charge in [0.1, 0.15) is 11.5 Å². The summed E-state index contributed by atoms with van der Waals surface area (Å²) in [5.74, 6) is 1.06. The van der Waals surface area contributed by atoms with E-state index < -0.39 is 5.97 Å².